The molecule has 0 aliphatic heterocycles. The molecule has 0 fully saturated rings. The van der Waals surface area contributed by atoms with Crippen molar-refractivity contribution in [2.45, 2.75) is 38.7 Å². The van der Waals surface area contributed by atoms with Gasteiger partial charge in [-0.05, 0) is 18.6 Å². The number of fused-ring (bicyclic) bond motifs is 2. The highest BCUT2D eigenvalue weighted by Crippen LogP contribution is 2.45. The second kappa shape index (κ2) is 6.92. The molecule has 0 spiro atoms. The van der Waals surface area contributed by atoms with E-state index >= 15 is 0 Å². The lowest BCUT2D eigenvalue weighted by atomic mass is 9.81. The lowest BCUT2D eigenvalue weighted by molar-refractivity contribution is 0.0971. The van der Waals surface area contributed by atoms with Gasteiger partial charge in [0.2, 0.25) is 5.78 Å². The summed E-state index contributed by atoms with van der Waals surface area (Å²) in [5.74, 6) is -3.71. The molecular weight excluding hydrogens is 352 g/mol. The lowest BCUT2D eigenvalue weighted by Gasteiger charge is -2.23. The Balaban J connectivity index is 2.15. The fourth-order valence-electron chi connectivity index (χ4n) is 3.44. The first-order valence-electron chi connectivity index (χ1n) is 8.70. The Bertz CT molecular complexity index is 946. The zero-order valence-electron chi connectivity index (χ0n) is 14.7. The second-order valence-electron chi connectivity index (χ2n) is 6.64. The number of hydrogen-bond donors (Lipinski definition) is 5. The monoisotopic (exact) mass is 372 g/mol. The zero-order chi connectivity index (χ0) is 19.9. The molecule has 1 aliphatic carbocycles. The van der Waals surface area contributed by atoms with Crippen LogP contribution in [-0.2, 0) is 0 Å². The standard InChI is InChI=1S/C20H20O7/c1-2-3-4-5-12(22)17-14(24)8-11-16(20(17)27)19(26)15-10(18(11)25)6-9(21)7-13(15)23/h6-8,12,21-24,27H,2-5H2,1H3/t12-/m0/s1. The van der Waals surface area contributed by atoms with Gasteiger partial charge in [0, 0.05) is 17.2 Å². The van der Waals surface area contributed by atoms with Crippen LogP contribution >= 0.6 is 0 Å². The second-order valence-corrected chi connectivity index (χ2v) is 6.64. The van der Waals surface area contributed by atoms with Crippen LogP contribution in [0.2, 0.25) is 0 Å². The summed E-state index contributed by atoms with van der Waals surface area (Å²) in [4.78, 5) is 25.5. The maximum Gasteiger partial charge on any atom is 0.201 e. The van der Waals surface area contributed by atoms with Gasteiger partial charge in [-0.2, -0.15) is 0 Å². The number of hydrogen-bond acceptors (Lipinski definition) is 7. The van der Waals surface area contributed by atoms with E-state index in [2.05, 4.69) is 0 Å². The van der Waals surface area contributed by atoms with Gasteiger partial charge in [-0.1, -0.05) is 26.2 Å². The van der Waals surface area contributed by atoms with Crippen molar-refractivity contribution in [1.29, 1.82) is 0 Å². The van der Waals surface area contributed by atoms with E-state index in [-0.39, 0.29) is 34.2 Å². The summed E-state index contributed by atoms with van der Waals surface area (Å²) in [5, 5.41) is 50.8. The van der Waals surface area contributed by atoms with Gasteiger partial charge in [0.1, 0.15) is 23.0 Å². The molecule has 0 aromatic heterocycles. The van der Waals surface area contributed by atoms with Gasteiger partial charge < -0.3 is 25.5 Å². The van der Waals surface area contributed by atoms with Gasteiger partial charge >= 0.3 is 0 Å². The summed E-state index contributed by atoms with van der Waals surface area (Å²) >= 11 is 0. The van der Waals surface area contributed by atoms with Gasteiger partial charge in [-0.3, -0.25) is 9.59 Å². The molecule has 0 unspecified atom stereocenters. The number of aromatic hydroxyl groups is 4. The molecule has 0 saturated heterocycles. The Labute approximate surface area is 155 Å². The normalized spacial score (nSPS) is 14.0. The fraction of sp³-hybridized carbons (Fsp3) is 0.300. The Morgan fingerprint density at radius 2 is 1.52 bits per heavy atom. The van der Waals surface area contributed by atoms with E-state index in [0.717, 1.165) is 31.0 Å². The maximum absolute atomic E-state index is 12.8. The van der Waals surface area contributed by atoms with Crippen LogP contribution in [0.1, 0.15) is 76.1 Å². The van der Waals surface area contributed by atoms with Crippen LogP contribution in [-0.4, -0.2) is 37.1 Å². The van der Waals surface area contributed by atoms with Gasteiger partial charge in [0.25, 0.3) is 0 Å². The van der Waals surface area contributed by atoms with Crippen LogP contribution in [0.3, 0.4) is 0 Å². The SMILES string of the molecule is CCCCC[C@H](O)c1c(O)cc2c(c1O)C(=O)c1c(O)cc(O)cc1C2=O. The predicted molar refractivity (Wildman–Crippen MR) is 95.5 cm³/mol. The molecule has 7 heteroatoms. The molecule has 0 amide bonds. The summed E-state index contributed by atoms with van der Waals surface area (Å²) in [6.45, 7) is 1.99. The lowest BCUT2D eigenvalue weighted by Crippen LogP contribution is -2.22. The third kappa shape index (κ3) is 3.00. The Morgan fingerprint density at radius 3 is 2.19 bits per heavy atom. The molecule has 1 atom stereocenters. The van der Waals surface area contributed by atoms with Crippen molar-refractivity contribution in [2.75, 3.05) is 0 Å². The summed E-state index contributed by atoms with van der Waals surface area (Å²) in [7, 11) is 0. The first-order valence-corrected chi connectivity index (χ1v) is 8.70. The van der Waals surface area contributed by atoms with Crippen LogP contribution in [0, 0.1) is 0 Å². The number of ketones is 2. The topological polar surface area (TPSA) is 135 Å². The number of aliphatic hydroxyl groups excluding tert-OH is 1. The van der Waals surface area contributed by atoms with Crippen LogP contribution in [0.15, 0.2) is 18.2 Å². The summed E-state index contributed by atoms with van der Waals surface area (Å²) in [6, 6.07) is 2.99. The van der Waals surface area contributed by atoms with E-state index in [4.69, 9.17) is 0 Å². The van der Waals surface area contributed by atoms with E-state index in [1.54, 1.807) is 0 Å². The van der Waals surface area contributed by atoms with E-state index < -0.39 is 40.7 Å². The average Bonchev–Trinajstić information content (AvgIpc) is 2.58. The van der Waals surface area contributed by atoms with Crippen LogP contribution in [0.4, 0.5) is 0 Å². The zero-order valence-corrected chi connectivity index (χ0v) is 14.7. The molecule has 0 saturated carbocycles. The molecule has 142 valence electrons. The number of phenolic OH excluding ortho intramolecular Hbond substituents is 4. The number of benzene rings is 2. The quantitative estimate of drug-likeness (QED) is 0.435. The van der Waals surface area contributed by atoms with Crippen molar-refractivity contribution >= 4 is 11.6 Å². The first-order chi connectivity index (χ1) is 12.8. The first kappa shape index (κ1) is 18.7. The number of carbonyl (C=O) groups excluding carboxylic acids is 2. The maximum atomic E-state index is 12.8. The Kier molecular flexibility index (Phi) is 4.80. The minimum atomic E-state index is -1.21. The number of unbranched alkanes of at least 4 members (excludes halogenated alkanes) is 2. The highest BCUT2D eigenvalue weighted by Gasteiger charge is 2.37. The summed E-state index contributed by atoms with van der Waals surface area (Å²) < 4.78 is 0. The van der Waals surface area contributed by atoms with E-state index in [0.29, 0.717) is 6.42 Å². The number of carbonyl (C=O) groups is 2. The van der Waals surface area contributed by atoms with E-state index in [9.17, 15) is 35.1 Å². The van der Waals surface area contributed by atoms with Gasteiger partial charge in [-0.15, -0.1) is 0 Å². The van der Waals surface area contributed by atoms with Crippen molar-refractivity contribution in [3.8, 4) is 23.0 Å². The third-order valence-electron chi connectivity index (χ3n) is 4.78. The van der Waals surface area contributed by atoms with Gasteiger partial charge in [-0.25, -0.2) is 0 Å². The Hall–Kier alpha value is -3.06. The number of rotatable bonds is 5. The smallest absolute Gasteiger partial charge is 0.201 e. The molecule has 0 radical (unpaired) electrons. The fourth-order valence-corrected chi connectivity index (χ4v) is 3.44. The van der Waals surface area contributed by atoms with Crippen molar-refractivity contribution in [1.82, 2.24) is 0 Å². The molecule has 2 aromatic rings. The number of aliphatic hydroxyl groups is 1. The van der Waals surface area contributed by atoms with Crippen molar-refractivity contribution < 1.29 is 35.1 Å². The van der Waals surface area contributed by atoms with Crippen molar-refractivity contribution in [3.05, 3.63) is 46.0 Å². The van der Waals surface area contributed by atoms with E-state index in [1.165, 1.54) is 0 Å². The van der Waals surface area contributed by atoms with Crippen molar-refractivity contribution in [3.63, 3.8) is 0 Å². The molecular formula is C20H20O7. The molecule has 0 heterocycles. The highest BCUT2D eigenvalue weighted by molar-refractivity contribution is 6.30. The highest BCUT2D eigenvalue weighted by atomic mass is 16.3. The molecule has 2 aromatic carbocycles. The predicted octanol–water partition coefficient (Wildman–Crippen LogP) is 2.90. The molecule has 1 aliphatic rings. The molecule has 5 N–H and O–H groups in total. The van der Waals surface area contributed by atoms with Crippen LogP contribution in [0.25, 0.3) is 0 Å². The minimum absolute atomic E-state index is 0.215. The van der Waals surface area contributed by atoms with Gasteiger partial charge in [0.15, 0.2) is 5.78 Å². The third-order valence-corrected chi connectivity index (χ3v) is 4.78. The largest absolute Gasteiger partial charge is 0.508 e. The number of phenols is 4. The van der Waals surface area contributed by atoms with E-state index in [1.807, 2.05) is 6.92 Å². The van der Waals surface area contributed by atoms with Gasteiger partial charge in [0.05, 0.1) is 22.8 Å². The molecule has 0 bridgehead atoms. The molecule has 7 nitrogen and oxygen atoms in total. The summed E-state index contributed by atoms with van der Waals surface area (Å²) in [6.07, 6.45) is 1.49. The molecule has 3 rings (SSSR count). The Morgan fingerprint density at radius 1 is 0.852 bits per heavy atom. The summed E-state index contributed by atoms with van der Waals surface area (Å²) in [5.41, 5.74) is -1.40. The minimum Gasteiger partial charge on any atom is -0.508 e. The molecule has 27 heavy (non-hydrogen) atoms. The van der Waals surface area contributed by atoms with Crippen molar-refractivity contribution in [2.24, 2.45) is 0 Å². The average molecular weight is 372 g/mol. The van der Waals surface area contributed by atoms with Crippen LogP contribution in [0.5, 0.6) is 23.0 Å². The van der Waals surface area contributed by atoms with Crippen LogP contribution < -0.4 is 0 Å².